The molecule has 0 atom stereocenters. The van der Waals surface area contributed by atoms with Gasteiger partial charge < -0.3 is 25.3 Å². The summed E-state index contributed by atoms with van der Waals surface area (Å²) in [5, 5.41) is 13.6. The van der Waals surface area contributed by atoms with Gasteiger partial charge in [0.1, 0.15) is 22.9 Å². The molecule has 2 aliphatic rings. The van der Waals surface area contributed by atoms with Crippen LogP contribution in [0.1, 0.15) is 75.2 Å². The molecule has 2 aliphatic carbocycles. The first-order valence-electron chi connectivity index (χ1n) is 12.9. The molecule has 3 heterocycles. The third-order valence-corrected chi connectivity index (χ3v) is 7.18. The minimum atomic E-state index is -0.187. The predicted molar refractivity (Wildman–Crippen MR) is 139 cm³/mol. The summed E-state index contributed by atoms with van der Waals surface area (Å²) >= 11 is 0. The summed E-state index contributed by atoms with van der Waals surface area (Å²) < 4.78 is 9.51. The van der Waals surface area contributed by atoms with E-state index in [1.54, 1.807) is 23.7 Å². The third-order valence-electron chi connectivity index (χ3n) is 7.18. The highest BCUT2D eigenvalue weighted by Gasteiger charge is 2.33. The van der Waals surface area contributed by atoms with Gasteiger partial charge in [-0.05, 0) is 64.0 Å². The van der Waals surface area contributed by atoms with E-state index in [4.69, 9.17) is 4.74 Å². The van der Waals surface area contributed by atoms with Crippen molar-refractivity contribution in [2.45, 2.75) is 76.5 Å². The fourth-order valence-electron chi connectivity index (χ4n) is 4.87. The lowest BCUT2D eigenvalue weighted by molar-refractivity contribution is -0.0631. The molecule has 3 aromatic rings. The van der Waals surface area contributed by atoms with Gasteiger partial charge in [0.15, 0.2) is 5.65 Å². The molecule has 0 radical (unpaired) electrons. The second kappa shape index (κ2) is 9.93. The zero-order valence-electron chi connectivity index (χ0n) is 21.2. The molecule has 192 valence electrons. The van der Waals surface area contributed by atoms with Crippen LogP contribution in [-0.2, 0) is 4.74 Å². The first-order chi connectivity index (χ1) is 17.4. The van der Waals surface area contributed by atoms with E-state index in [2.05, 4.69) is 39.9 Å². The minimum Gasteiger partial charge on any atom is -0.375 e. The Balaban J connectivity index is 1.38. The molecule has 0 aromatic carbocycles. The maximum Gasteiger partial charge on any atom is 0.274 e. The van der Waals surface area contributed by atoms with E-state index < -0.39 is 0 Å². The predicted octanol–water partition coefficient (Wildman–Crippen LogP) is 3.87. The lowest BCUT2D eigenvalue weighted by atomic mass is 9.83. The number of aromatic nitrogens is 4. The average molecular weight is 494 g/mol. The van der Waals surface area contributed by atoms with Crippen molar-refractivity contribution in [1.82, 2.24) is 24.5 Å². The standard InChI is InChI=1S/C26H35N7O3/c1-4-14-36-26(2)11-9-18(10-12-26)32-13-5-6-20(25(32)35)30-21-15-22(27-3)33-23(31-21)19(16-28-33)24(34)29-17-7-8-17/h5-6,13,15-18,27H,4,7-12,14H2,1-3H3,(H,29,34)(H,30,31)/t18-,26+. The fraction of sp³-hybridized carbons (Fsp3) is 0.538. The van der Waals surface area contributed by atoms with Gasteiger partial charge in [0.2, 0.25) is 0 Å². The summed E-state index contributed by atoms with van der Waals surface area (Å²) in [5.74, 6) is 0.934. The van der Waals surface area contributed by atoms with Crippen molar-refractivity contribution in [3.05, 3.63) is 46.5 Å². The lowest BCUT2D eigenvalue weighted by Gasteiger charge is -2.38. The van der Waals surface area contributed by atoms with Gasteiger partial charge in [0.25, 0.3) is 11.5 Å². The topological polar surface area (TPSA) is 115 Å². The number of pyridine rings is 1. The molecule has 0 spiro atoms. The first kappa shape index (κ1) is 24.3. The number of nitrogens with one attached hydrogen (secondary N) is 3. The summed E-state index contributed by atoms with van der Waals surface area (Å²) in [6.07, 6.45) is 10.0. The molecule has 0 unspecified atom stereocenters. The van der Waals surface area contributed by atoms with E-state index >= 15 is 0 Å². The number of carbonyl (C=O) groups excluding carboxylic acids is 1. The van der Waals surface area contributed by atoms with Gasteiger partial charge in [-0.1, -0.05) is 6.92 Å². The van der Waals surface area contributed by atoms with Crippen molar-refractivity contribution < 1.29 is 9.53 Å². The second-order valence-electron chi connectivity index (χ2n) is 10.1. The smallest absolute Gasteiger partial charge is 0.274 e. The number of anilines is 3. The van der Waals surface area contributed by atoms with Crippen molar-refractivity contribution >= 4 is 28.9 Å². The van der Waals surface area contributed by atoms with E-state index in [1.165, 1.54) is 6.20 Å². The highest BCUT2D eigenvalue weighted by Crippen LogP contribution is 2.36. The molecule has 36 heavy (non-hydrogen) atoms. The zero-order chi connectivity index (χ0) is 25.3. The fourth-order valence-corrected chi connectivity index (χ4v) is 4.87. The van der Waals surface area contributed by atoms with Gasteiger partial charge in [-0.15, -0.1) is 0 Å². The molecule has 3 aromatic heterocycles. The summed E-state index contributed by atoms with van der Waals surface area (Å²) in [5.41, 5.74) is 1.08. The molecular weight excluding hydrogens is 458 g/mol. The summed E-state index contributed by atoms with van der Waals surface area (Å²) in [4.78, 5) is 30.8. The van der Waals surface area contributed by atoms with Gasteiger partial charge in [-0.2, -0.15) is 9.61 Å². The molecule has 0 saturated heterocycles. The number of hydrogen-bond donors (Lipinski definition) is 3. The first-order valence-corrected chi connectivity index (χ1v) is 12.9. The van der Waals surface area contributed by atoms with Crippen molar-refractivity contribution in [2.24, 2.45) is 0 Å². The van der Waals surface area contributed by atoms with Crippen LogP contribution in [0.25, 0.3) is 5.65 Å². The van der Waals surface area contributed by atoms with E-state index in [0.29, 0.717) is 28.5 Å². The maximum absolute atomic E-state index is 13.4. The molecule has 3 N–H and O–H groups in total. The van der Waals surface area contributed by atoms with Gasteiger partial charge in [-0.3, -0.25) is 9.59 Å². The zero-order valence-corrected chi connectivity index (χ0v) is 21.2. The number of amides is 1. The Morgan fingerprint density at radius 1 is 1.25 bits per heavy atom. The Hall–Kier alpha value is -3.40. The van der Waals surface area contributed by atoms with E-state index in [-0.39, 0.29) is 29.2 Å². The highest BCUT2D eigenvalue weighted by molar-refractivity contribution is 6.00. The number of fused-ring (bicyclic) bond motifs is 1. The van der Waals surface area contributed by atoms with Crippen LogP contribution >= 0.6 is 0 Å². The number of carbonyl (C=O) groups is 1. The van der Waals surface area contributed by atoms with E-state index in [1.807, 2.05) is 16.8 Å². The second-order valence-corrected chi connectivity index (χ2v) is 10.1. The summed E-state index contributed by atoms with van der Waals surface area (Å²) in [7, 11) is 1.78. The molecule has 10 heteroatoms. The molecule has 2 fully saturated rings. The third kappa shape index (κ3) is 4.95. The Bertz CT molecular complexity index is 1300. The highest BCUT2D eigenvalue weighted by atomic mass is 16.5. The van der Waals surface area contributed by atoms with Crippen molar-refractivity contribution in [3.63, 3.8) is 0 Å². The molecule has 2 saturated carbocycles. The molecule has 0 aliphatic heterocycles. The molecule has 5 rings (SSSR count). The number of ether oxygens (including phenoxy) is 1. The van der Waals surface area contributed by atoms with Crippen molar-refractivity contribution in [3.8, 4) is 0 Å². The van der Waals surface area contributed by atoms with Crippen molar-refractivity contribution in [2.75, 3.05) is 24.3 Å². The molecular formula is C26H35N7O3. The van der Waals surface area contributed by atoms with E-state index in [9.17, 15) is 9.59 Å². The van der Waals surface area contributed by atoms with Gasteiger partial charge in [0, 0.05) is 38.0 Å². The lowest BCUT2D eigenvalue weighted by Crippen LogP contribution is -2.37. The summed E-state index contributed by atoms with van der Waals surface area (Å²) in [6.45, 7) is 5.07. The average Bonchev–Trinajstić information content (AvgIpc) is 3.59. The number of nitrogens with zero attached hydrogens (tertiary/aromatic N) is 4. The van der Waals surface area contributed by atoms with Crippen LogP contribution in [0.2, 0.25) is 0 Å². The molecule has 1 amide bonds. The molecule has 10 nitrogen and oxygen atoms in total. The Kier molecular flexibility index (Phi) is 6.70. The summed E-state index contributed by atoms with van der Waals surface area (Å²) in [6, 6.07) is 5.79. The van der Waals surface area contributed by atoms with Crippen molar-refractivity contribution in [1.29, 1.82) is 0 Å². The van der Waals surface area contributed by atoms with Crippen LogP contribution in [0.5, 0.6) is 0 Å². The quantitative estimate of drug-likeness (QED) is 0.415. The minimum absolute atomic E-state index is 0.0894. The van der Waals surface area contributed by atoms with E-state index in [0.717, 1.165) is 51.6 Å². The van der Waals surface area contributed by atoms with Crippen LogP contribution < -0.4 is 21.5 Å². The number of rotatable bonds is 9. The number of hydrogen-bond acceptors (Lipinski definition) is 7. The van der Waals surface area contributed by atoms with Crippen LogP contribution in [-0.4, -0.2) is 50.4 Å². The van der Waals surface area contributed by atoms with Gasteiger partial charge in [0.05, 0.1) is 11.8 Å². The van der Waals surface area contributed by atoms with Gasteiger partial charge >= 0.3 is 0 Å². The van der Waals surface area contributed by atoms with Crippen LogP contribution in [0.4, 0.5) is 17.3 Å². The Labute approximate surface area is 210 Å². The maximum atomic E-state index is 13.4. The largest absolute Gasteiger partial charge is 0.375 e. The van der Waals surface area contributed by atoms with Gasteiger partial charge in [-0.25, -0.2) is 4.98 Å². The SMILES string of the molecule is CCCO[C@]1(C)CC[C@H](n2cccc(Nc3cc(NC)n4ncc(C(=O)NC5CC5)c4n3)c2=O)CC1. The Morgan fingerprint density at radius 2 is 2.03 bits per heavy atom. The van der Waals surface area contributed by atoms with Crippen LogP contribution in [0.3, 0.4) is 0 Å². The normalized spacial score (nSPS) is 21.9. The molecule has 0 bridgehead atoms. The Morgan fingerprint density at radius 3 is 2.72 bits per heavy atom. The monoisotopic (exact) mass is 493 g/mol. The van der Waals surface area contributed by atoms with Crippen LogP contribution in [0.15, 0.2) is 35.4 Å². The van der Waals surface area contributed by atoms with Crippen LogP contribution in [0, 0.1) is 0 Å².